The fourth-order valence-corrected chi connectivity index (χ4v) is 3.12. The van der Waals surface area contributed by atoms with Gasteiger partial charge in [-0.2, -0.15) is 0 Å². The maximum atomic E-state index is 12.6. The lowest BCUT2D eigenvalue weighted by Gasteiger charge is -2.29. The van der Waals surface area contributed by atoms with Gasteiger partial charge in [0, 0.05) is 43.5 Å². The minimum atomic E-state index is -0.0897. The van der Waals surface area contributed by atoms with Gasteiger partial charge in [-0.05, 0) is 48.7 Å². The number of para-hydroxylation sites is 1. The van der Waals surface area contributed by atoms with E-state index in [4.69, 9.17) is 0 Å². The summed E-state index contributed by atoms with van der Waals surface area (Å²) in [5.74, 6) is 0.0580. The Labute approximate surface area is 148 Å². The summed E-state index contributed by atoms with van der Waals surface area (Å²) in [5, 5.41) is 5.99. The van der Waals surface area contributed by atoms with Crippen molar-refractivity contribution in [2.75, 3.05) is 28.6 Å². The van der Waals surface area contributed by atoms with Gasteiger partial charge in [0.2, 0.25) is 11.8 Å². The molecule has 0 spiro atoms. The fraction of sp³-hybridized carbons (Fsp3) is 0.300. The van der Waals surface area contributed by atoms with Crippen molar-refractivity contribution in [2.24, 2.45) is 0 Å². The summed E-state index contributed by atoms with van der Waals surface area (Å²) >= 11 is 0. The molecule has 0 radical (unpaired) electrons. The lowest BCUT2D eigenvalue weighted by molar-refractivity contribution is -0.118. The second-order valence-corrected chi connectivity index (χ2v) is 6.21. The number of hydrogen-bond acceptors (Lipinski definition) is 3. The summed E-state index contributed by atoms with van der Waals surface area (Å²) in [5.41, 5.74) is 4.00. The molecule has 2 N–H and O–H groups in total. The standard InChI is InChI=1S/C20H23N3O2/c1-15(24)22-18-10-8-17(9-11-18)21-13-12-20(25)23-14-4-6-16-5-2-3-7-19(16)23/h2-3,5,7-11,21H,4,6,12-14H2,1H3,(H,22,24). The van der Waals surface area contributed by atoms with Crippen molar-refractivity contribution in [3.63, 3.8) is 0 Å². The van der Waals surface area contributed by atoms with Crippen LogP contribution in [0.25, 0.3) is 0 Å². The molecule has 0 saturated heterocycles. The van der Waals surface area contributed by atoms with Gasteiger partial charge in [0.1, 0.15) is 0 Å². The van der Waals surface area contributed by atoms with E-state index < -0.39 is 0 Å². The minimum Gasteiger partial charge on any atom is -0.385 e. The summed E-state index contributed by atoms with van der Waals surface area (Å²) in [7, 11) is 0. The van der Waals surface area contributed by atoms with Crippen LogP contribution in [0.2, 0.25) is 0 Å². The summed E-state index contributed by atoms with van der Waals surface area (Å²) in [6.07, 6.45) is 2.50. The molecule has 0 fully saturated rings. The predicted octanol–water partition coefficient (Wildman–Crippen LogP) is 3.43. The smallest absolute Gasteiger partial charge is 0.228 e. The SMILES string of the molecule is CC(=O)Nc1ccc(NCCC(=O)N2CCCc3ccccc32)cc1. The normalized spacial score (nSPS) is 13.1. The van der Waals surface area contributed by atoms with E-state index in [1.807, 2.05) is 47.4 Å². The first-order valence-electron chi connectivity index (χ1n) is 8.63. The molecule has 25 heavy (non-hydrogen) atoms. The zero-order chi connectivity index (χ0) is 17.6. The highest BCUT2D eigenvalue weighted by molar-refractivity contribution is 5.94. The van der Waals surface area contributed by atoms with Crippen LogP contribution >= 0.6 is 0 Å². The first kappa shape index (κ1) is 17.0. The topological polar surface area (TPSA) is 61.4 Å². The molecule has 1 aliphatic heterocycles. The van der Waals surface area contributed by atoms with Crippen LogP contribution in [-0.2, 0) is 16.0 Å². The minimum absolute atomic E-state index is 0.0897. The third kappa shape index (κ3) is 4.38. The van der Waals surface area contributed by atoms with Gasteiger partial charge in [-0.25, -0.2) is 0 Å². The number of carbonyl (C=O) groups is 2. The lowest BCUT2D eigenvalue weighted by atomic mass is 10.0. The van der Waals surface area contributed by atoms with Crippen LogP contribution < -0.4 is 15.5 Å². The first-order chi connectivity index (χ1) is 12.1. The third-order valence-electron chi connectivity index (χ3n) is 4.28. The summed E-state index contributed by atoms with van der Waals surface area (Å²) in [6.45, 7) is 2.86. The first-order valence-corrected chi connectivity index (χ1v) is 8.63. The van der Waals surface area contributed by atoms with E-state index in [2.05, 4.69) is 16.7 Å². The molecule has 2 aromatic carbocycles. The van der Waals surface area contributed by atoms with Crippen molar-refractivity contribution in [1.29, 1.82) is 0 Å². The molecular formula is C20H23N3O2. The van der Waals surface area contributed by atoms with E-state index in [0.717, 1.165) is 36.4 Å². The average molecular weight is 337 g/mol. The zero-order valence-corrected chi connectivity index (χ0v) is 14.4. The van der Waals surface area contributed by atoms with Crippen LogP contribution in [0, 0.1) is 0 Å². The zero-order valence-electron chi connectivity index (χ0n) is 14.4. The van der Waals surface area contributed by atoms with E-state index in [0.29, 0.717) is 13.0 Å². The van der Waals surface area contributed by atoms with Gasteiger partial charge >= 0.3 is 0 Å². The number of benzene rings is 2. The molecule has 0 saturated carbocycles. The summed E-state index contributed by atoms with van der Waals surface area (Å²) < 4.78 is 0. The Hall–Kier alpha value is -2.82. The van der Waals surface area contributed by atoms with Gasteiger partial charge in [0.05, 0.1) is 0 Å². The van der Waals surface area contributed by atoms with Crippen molar-refractivity contribution < 1.29 is 9.59 Å². The largest absolute Gasteiger partial charge is 0.385 e. The molecule has 1 aliphatic rings. The number of rotatable bonds is 5. The molecule has 2 amide bonds. The maximum Gasteiger partial charge on any atom is 0.228 e. The Kier molecular flexibility index (Phi) is 5.33. The molecule has 3 rings (SSSR count). The Morgan fingerprint density at radius 3 is 2.52 bits per heavy atom. The monoisotopic (exact) mass is 337 g/mol. The second-order valence-electron chi connectivity index (χ2n) is 6.21. The number of amides is 2. The number of nitrogens with one attached hydrogen (secondary N) is 2. The summed E-state index contributed by atoms with van der Waals surface area (Å²) in [4.78, 5) is 25.5. The molecule has 1 heterocycles. The molecule has 0 atom stereocenters. The number of hydrogen-bond donors (Lipinski definition) is 2. The van der Waals surface area contributed by atoms with Gasteiger partial charge in [-0.1, -0.05) is 18.2 Å². The molecule has 0 bridgehead atoms. The van der Waals surface area contributed by atoms with Crippen LogP contribution in [0.1, 0.15) is 25.3 Å². The van der Waals surface area contributed by atoms with Crippen LogP contribution in [0.3, 0.4) is 0 Å². The van der Waals surface area contributed by atoms with Crippen molar-refractivity contribution in [3.05, 3.63) is 54.1 Å². The Morgan fingerprint density at radius 1 is 1.04 bits per heavy atom. The molecule has 0 unspecified atom stereocenters. The Bertz CT molecular complexity index is 756. The van der Waals surface area contributed by atoms with Crippen molar-refractivity contribution >= 4 is 28.9 Å². The number of nitrogens with zero attached hydrogens (tertiary/aromatic N) is 1. The van der Waals surface area contributed by atoms with Crippen molar-refractivity contribution in [3.8, 4) is 0 Å². The van der Waals surface area contributed by atoms with Gasteiger partial charge in [-0.15, -0.1) is 0 Å². The highest BCUT2D eigenvalue weighted by Gasteiger charge is 2.21. The van der Waals surface area contributed by atoms with Crippen LogP contribution in [0.5, 0.6) is 0 Å². The lowest BCUT2D eigenvalue weighted by Crippen LogP contribution is -2.36. The molecule has 5 heteroatoms. The van der Waals surface area contributed by atoms with E-state index in [1.54, 1.807) is 0 Å². The molecular weight excluding hydrogens is 314 g/mol. The Morgan fingerprint density at radius 2 is 1.76 bits per heavy atom. The molecule has 2 aromatic rings. The molecule has 130 valence electrons. The van der Waals surface area contributed by atoms with E-state index in [1.165, 1.54) is 12.5 Å². The molecule has 5 nitrogen and oxygen atoms in total. The molecule has 0 aromatic heterocycles. The number of aryl methyl sites for hydroxylation is 1. The number of anilines is 3. The van der Waals surface area contributed by atoms with Gasteiger partial charge in [0.15, 0.2) is 0 Å². The predicted molar refractivity (Wildman–Crippen MR) is 101 cm³/mol. The fourth-order valence-electron chi connectivity index (χ4n) is 3.12. The van der Waals surface area contributed by atoms with Crippen molar-refractivity contribution in [2.45, 2.75) is 26.2 Å². The van der Waals surface area contributed by atoms with Crippen LogP contribution in [0.15, 0.2) is 48.5 Å². The average Bonchev–Trinajstić information content (AvgIpc) is 2.62. The van der Waals surface area contributed by atoms with Gasteiger partial charge in [-0.3, -0.25) is 9.59 Å². The van der Waals surface area contributed by atoms with Gasteiger partial charge in [0.25, 0.3) is 0 Å². The number of carbonyl (C=O) groups excluding carboxylic acids is 2. The Balaban J connectivity index is 1.52. The van der Waals surface area contributed by atoms with E-state index in [9.17, 15) is 9.59 Å². The van der Waals surface area contributed by atoms with E-state index in [-0.39, 0.29) is 11.8 Å². The van der Waals surface area contributed by atoms with Crippen LogP contribution in [0.4, 0.5) is 17.1 Å². The third-order valence-corrected chi connectivity index (χ3v) is 4.28. The highest BCUT2D eigenvalue weighted by atomic mass is 16.2. The van der Waals surface area contributed by atoms with E-state index >= 15 is 0 Å². The second kappa shape index (κ2) is 7.83. The summed E-state index contributed by atoms with van der Waals surface area (Å²) in [6, 6.07) is 15.6. The number of fused-ring (bicyclic) bond motifs is 1. The quantitative estimate of drug-likeness (QED) is 0.879. The van der Waals surface area contributed by atoms with Crippen LogP contribution in [-0.4, -0.2) is 24.9 Å². The van der Waals surface area contributed by atoms with Gasteiger partial charge < -0.3 is 15.5 Å². The maximum absolute atomic E-state index is 12.6. The molecule has 0 aliphatic carbocycles. The highest BCUT2D eigenvalue weighted by Crippen LogP contribution is 2.27. The van der Waals surface area contributed by atoms with Crippen molar-refractivity contribution in [1.82, 2.24) is 0 Å².